The smallest absolute Gasteiger partial charge is 0.349 e. The minimum absolute atomic E-state index is 0.0702. The van der Waals surface area contributed by atoms with Crippen LogP contribution in [0.4, 0.5) is 11.4 Å². The monoisotopic (exact) mass is 540 g/mol. The molecule has 0 aliphatic carbocycles. The van der Waals surface area contributed by atoms with E-state index in [1.54, 1.807) is 30.3 Å². The molecule has 0 aliphatic rings. The summed E-state index contributed by atoms with van der Waals surface area (Å²) in [5.74, 6) is -1.47. The molecule has 198 valence electrons. The zero-order chi connectivity index (χ0) is 28.3. The Labute approximate surface area is 232 Å². The average Bonchev–Trinajstić information content (AvgIpc) is 3.65. The fourth-order valence-electron chi connectivity index (χ4n) is 4.48. The van der Waals surface area contributed by atoms with Crippen molar-refractivity contribution >= 4 is 34.1 Å². The largest absolute Gasteiger partial charge is 0.439 e. The van der Waals surface area contributed by atoms with Gasteiger partial charge in [-0.3, -0.25) is 19.1 Å². The molecule has 0 bridgehead atoms. The zero-order valence-corrected chi connectivity index (χ0v) is 21.3. The van der Waals surface area contributed by atoms with Gasteiger partial charge in [-0.15, -0.1) is 0 Å². The van der Waals surface area contributed by atoms with E-state index in [-0.39, 0.29) is 17.4 Å². The summed E-state index contributed by atoms with van der Waals surface area (Å²) in [5, 5.41) is 19.4. The molecule has 4 N–H and O–H groups in total. The van der Waals surface area contributed by atoms with Crippen LogP contribution in [0.2, 0.25) is 0 Å². The number of rotatable bonds is 6. The van der Waals surface area contributed by atoms with Gasteiger partial charge in [-0.05, 0) is 53.6 Å². The summed E-state index contributed by atoms with van der Waals surface area (Å²) in [6.07, 6.45) is 0. The van der Waals surface area contributed by atoms with Crippen LogP contribution >= 0.6 is 0 Å². The molecule has 41 heavy (non-hydrogen) atoms. The second kappa shape index (κ2) is 10.5. The van der Waals surface area contributed by atoms with Gasteiger partial charge in [0.2, 0.25) is 0 Å². The normalized spacial score (nSPS) is 10.7. The van der Waals surface area contributed by atoms with Crippen LogP contribution in [0.3, 0.4) is 0 Å². The number of para-hydroxylation sites is 1. The van der Waals surface area contributed by atoms with Crippen molar-refractivity contribution in [2.45, 2.75) is 0 Å². The van der Waals surface area contributed by atoms with E-state index >= 15 is 0 Å². The molecule has 2 aromatic heterocycles. The van der Waals surface area contributed by atoms with Gasteiger partial charge in [-0.25, -0.2) is 4.79 Å². The maximum Gasteiger partial charge on any atom is 0.439 e. The Bertz CT molecular complexity index is 2010. The number of hydrogen-bond acceptors (Lipinski definition) is 6. The Morgan fingerprint density at radius 3 is 2.27 bits per heavy atom. The minimum atomic E-state index is -0.767. The van der Waals surface area contributed by atoms with Gasteiger partial charge in [0, 0.05) is 16.5 Å². The number of anilines is 2. The second-order valence-electron chi connectivity index (χ2n) is 9.12. The van der Waals surface area contributed by atoms with Gasteiger partial charge >= 0.3 is 5.76 Å². The Balaban J connectivity index is 1.24. The second-order valence-corrected chi connectivity index (χ2v) is 9.12. The quantitative estimate of drug-likeness (QED) is 0.217. The molecular formula is C31H20N6O4. The highest BCUT2D eigenvalue weighted by Crippen LogP contribution is 2.28. The summed E-state index contributed by atoms with van der Waals surface area (Å²) in [4.78, 5) is 43.3. The number of benzene rings is 4. The van der Waals surface area contributed by atoms with E-state index < -0.39 is 11.7 Å². The number of amides is 2. The van der Waals surface area contributed by atoms with Crippen LogP contribution in [-0.4, -0.2) is 26.9 Å². The number of carbonyl (C=O) groups excluding carboxylic acids is 2. The summed E-state index contributed by atoms with van der Waals surface area (Å²) in [5.41, 5.74) is 4.81. The van der Waals surface area contributed by atoms with E-state index in [0.717, 1.165) is 11.1 Å². The lowest BCUT2D eigenvalue weighted by molar-refractivity contribution is 0.101. The maximum atomic E-state index is 13.2. The highest BCUT2D eigenvalue weighted by molar-refractivity contribution is 6.11. The molecule has 6 rings (SSSR count). The number of fused-ring (bicyclic) bond motifs is 1. The van der Waals surface area contributed by atoms with Crippen molar-refractivity contribution in [3.8, 4) is 28.6 Å². The topological polar surface area (TPSA) is 157 Å². The Kier molecular flexibility index (Phi) is 6.43. The fourth-order valence-corrected chi connectivity index (χ4v) is 4.48. The maximum absolute atomic E-state index is 13.2. The predicted molar refractivity (Wildman–Crippen MR) is 153 cm³/mol. The first-order valence-corrected chi connectivity index (χ1v) is 12.5. The van der Waals surface area contributed by atoms with E-state index in [2.05, 4.69) is 30.3 Å². The van der Waals surface area contributed by atoms with Crippen molar-refractivity contribution in [3.63, 3.8) is 0 Å². The first-order valence-electron chi connectivity index (χ1n) is 12.5. The molecule has 0 atom stereocenters. The molecule has 0 radical (unpaired) electrons. The van der Waals surface area contributed by atoms with Crippen LogP contribution in [0.5, 0.6) is 0 Å². The molecule has 2 heterocycles. The van der Waals surface area contributed by atoms with Crippen molar-refractivity contribution in [2.24, 2.45) is 0 Å². The summed E-state index contributed by atoms with van der Waals surface area (Å²) < 4.78 is 4.58. The Morgan fingerprint density at radius 1 is 0.780 bits per heavy atom. The summed E-state index contributed by atoms with van der Waals surface area (Å²) in [6.45, 7) is 0. The van der Waals surface area contributed by atoms with Gasteiger partial charge in [-0.1, -0.05) is 59.8 Å². The lowest BCUT2D eigenvalue weighted by Gasteiger charge is -2.09. The number of hydrogen-bond donors (Lipinski definition) is 4. The number of carbonyl (C=O) groups is 2. The molecule has 0 spiro atoms. The van der Waals surface area contributed by atoms with Gasteiger partial charge in [0.1, 0.15) is 5.69 Å². The van der Waals surface area contributed by atoms with Crippen LogP contribution in [-0.2, 0) is 0 Å². The van der Waals surface area contributed by atoms with Crippen molar-refractivity contribution in [3.05, 3.63) is 124 Å². The van der Waals surface area contributed by atoms with Gasteiger partial charge in [-0.2, -0.15) is 5.26 Å². The van der Waals surface area contributed by atoms with Crippen molar-refractivity contribution in [1.82, 2.24) is 15.1 Å². The minimum Gasteiger partial charge on any atom is -0.349 e. The summed E-state index contributed by atoms with van der Waals surface area (Å²) >= 11 is 0. The number of H-pyrrole nitrogens is 2. The van der Waals surface area contributed by atoms with Crippen LogP contribution in [0, 0.1) is 11.3 Å². The van der Waals surface area contributed by atoms with Crippen LogP contribution in [0.25, 0.3) is 33.4 Å². The lowest BCUT2D eigenvalue weighted by atomic mass is 10.0. The SMILES string of the molecule is N#Cc1ccc(NC(=O)c2cc3cccc(NC(=O)c4ccc(-c5ccccc5)cc4)c3[nH]2)c(-c2noc(=O)[nH]2)c1. The molecule has 10 heteroatoms. The predicted octanol–water partition coefficient (Wildman–Crippen LogP) is 5.55. The third-order valence-electron chi connectivity index (χ3n) is 6.50. The Morgan fingerprint density at radius 2 is 1.54 bits per heavy atom. The molecule has 6 aromatic rings. The fraction of sp³-hybridized carbons (Fsp3) is 0. The van der Waals surface area contributed by atoms with Crippen molar-refractivity contribution in [2.75, 3.05) is 10.6 Å². The third kappa shape index (κ3) is 5.10. The molecule has 0 aliphatic heterocycles. The lowest BCUT2D eigenvalue weighted by Crippen LogP contribution is -2.14. The highest BCUT2D eigenvalue weighted by Gasteiger charge is 2.17. The third-order valence-corrected chi connectivity index (χ3v) is 6.50. The van der Waals surface area contributed by atoms with Gasteiger partial charge in [0.15, 0.2) is 5.82 Å². The molecule has 10 nitrogen and oxygen atoms in total. The molecule has 2 amide bonds. The molecule has 0 unspecified atom stereocenters. The first kappa shape index (κ1) is 25.1. The first-order chi connectivity index (χ1) is 20.0. The molecular weight excluding hydrogens is 520 g/mol. The summed E-state index contributed by atoms with van der Waals surface area (Å²) in [6, 6.07) is 30.8. The van der Waals surface area contributed by atoms with E-state index in [1.807, 2.05) is 54.6 Å². The van der Waals surface area contributed by atoms with E-state index in [4.69, 9.17) is 0 Å². The number of nitrogens with zero attached hydrogens (tertiary/aromatic N) is 2. The Hall–Kier alpha value is -6.21. The standard InChI is InChI=1S/C31H20N6O4/c32-17-18-9-14-24(23(15-18)28-36-31(40)41-37-28)34-30(39)26-16-22-7-4-8-25(27(22)33-26)35-29(38)21-12-10-20(11-13-21)19-5-2-1-3-6-19/h1-16,33H,(H,34,39)(H,35,38)(H,36,37,40). The average molecular weight is 541 g/mol. The van der Waals surface area contributed by atoms with Crippen LogP contribution in [0.15, 0.2) is 106 Å². The van der Waals surface area contributed by atoms with Crippen molar-refractivity contribution in [1.29, 1.82) is 5.26 Å². The molecule has 0 fully saturated rings. The number of nitriles is 1. The van der Waals surface area contributed by atoms with E-state index in [0.29, 0.717) is 39.0 Å². The number of aromatic amines is 2. The molecule has 4 aromatic carbocycles. The van der Waals surface area contributed by atoms with Crippen LogP contribution in [0.1, 0.15) is 26.4 Å². The molecule has 0 saturated heterocycles. The number of aromatic nitrogens is 3. The van der Waals surface area contributed by atoms with E-state index in [1.165, 1.54) is 18.2 Å². The molecule has 0 saturated carbocycles. The highest BCUT2D eigenvalue weighted by atomic mass is 16.5. The van der Waals surface area contributed by atoms with E-state index in [9.17, 15) is 19.6 Å². The zero-order valence-electron chi connectivity index (χ0n) is 21.3. The van der Waals surface area contributed by atoms with Gasteiger partial charge < -0.3 is 15.6 Å². The summed E-state index contributed by atoms with van der Waals surface area (Å²) in [7, 11) is 0. The van der Waals surface area contributed by atoms with Crippen LogP contribution < -0.4 is 16.4 Å². The number of nitrogens with one attached hydrogen (secondary N) is 4. The van der Waals surface area contributed by atoms with Crippen molar-refractivity contribution < 1.29 is 14.1 Å². The van der Waals surface area contributed by atoms with Gasteiger partial charge in [0.25, 0.3) is 11.8 Å². The van der Waals surface area contributed by atoms with Gasteiger partial charge in [0.05, 0.1) is 28.5 Å².